The summed E-state index contributed by atoms with van der Waals surface area (Å²) in [5, 5.41) is 0. The Hall–Kier alpha value is -2.62. The molecule has 0 atom stereocenters. The summed E-state index contributed by atoms with van der Waals surface area (Å²) in [4.78, 5) is 11.3. The first-order valence-corrected chi connectivity index (χ1v) is 6.50. The molecule has 2 N–H and O–H groups in total. The van der Waals surface area contributed by atoms with Crippen LogP contribution in [0.25, 0.3) is 16.9 Å². The molecular weight excluding hydrogens is 250 g/mol. The second-order valence-corrected chi connectivity index (χ2v) is 4.90. The van der Waals surface area contributed by atoms with Crippen LogP contribution in [-0.2, 0) is 11.3 Å². The zero-order chi connectivity index (χ0) is 14.1. The van der Waals surface area contributed by atoms with Crippen molar-refractivity contribution in [3.63, 3.8) is 0 Å². The fraction of sp³-hybridized carbons (Fsp3) is 0.125. The Morgan fingerprint density at radius 3 is 2.65 bits per heavy atom. The van der Waals surface area contributed by atoms with Crippen LogP contribution in [0.5, 0.6) is 0 Å². The summed E-state index contributed by atoms with van der Waals surface area (Å²) in [6.45, 7) is 2.22. The topological polar surface area (TPSA) is 52.1 Å². The van der Waals surface area contributed by atoms with Crippen molar-refractivity contribution in [2.45, 2.75) is 13.5 Å². The molecule has 0 saturated carbocycles. The molecule has 0 saturated heterocycles. The highest BCUT2D eigenvalue weighted by Gasteiger charge is 2.19. The molecule has 0 aliphatic carbocycles. The summed E-state index contributed by atoms with van der Waals surface area (Å²) < 4.78 is 3.94. The van der Waals surface area contributed by atoms with E-state index in [9.17, 15) is 4.79 Å². The zero-order valence-corrected chi connectivity index (χ0v) is 11.3. The first kappa shape index (κ1) is 12.4. The van der Waals surface area contributed by atoms with E-state index in [1.807, 2.05) is 39.6 Å². The van der Waals surface area contributed by atoms with E-state index >= 15 is 0 Å². The molecule has 20 heavy (non-hydrogen) atoms. The Kier molecular flexibility index (Phi) is 2.99. The normalized spacial score (nSPS) is 10.8. The van der Waals surface area contributed by atoms with Gasteiger partial charge in [-0.05, 0) is 13.0 Å². The first-order chi connectivity index (χ1) is 9.65. The molecule has 0 aliphatic rings. The van der Waals surface area contributed by atoms with E-state index in [1.54, 1.807) is 0 Å². The predicted octanol–water partition coefficient (Wildman–Crippen LogP) is 1.69. The van der Waals surface area contributed by atoms with E-state index in [0.717, 1.165) is 16.9 Å². The summed E-state index contributed by atoms with van der Waals surface area (Å²) in [5.74, 6) is -0.347. The minimum Gasteiger partial charge on any atom is -0.366 e. The molecule has 0 aliphatic heterocycles. The molecule has 0 unspecified atom stereocenters. The average Bonchev–Trinajstić information content (AvgIpc) is 2.78. The first-order valence-electron chi connectivity index (χ1n) is 6.50. The van der Waals surface area contributed by atoms with Gasteiger partial charge in [0.2, 0.25) is 0 Å². The van der Waals surface area contributed by atoms with Gasteiger partial charge in [-0.2, -0.15) is 0 Å². The number of primary amides is 1. The van der Waals surface area contributed by atoms with Crippen LogP contribution in [0.15, 0.2) is 54.9 Å². The highest BCUT2D eigenvalue weighted by atomic mass is 16.1. The molecule has 2 heterocycles. The van der Waals surface area contributed by atoms with Crippen LogP contribution in [-0.4, -0.2) is 10.5 Å². The number of aromatic nitrogens is 2. The van der Waals surface area contributed by atoms with Crippen molar-refractivity contribution in [3.8, 4) is 11.3 Å². The number of carbonyl (C=O) groups excluding carboxylic acids is 1. The van der Waals surface area contributed by atoms with Crippen LogP contribution in [0.1, 0.15) is 5.56 Å². The molecule has 3 aromatic rings. The number of nitrogens with two attached hydrogens (primary N) is 1. The van der Waals surface area contributed by atoms with Gasteiger partial charge in [0.15, 0.2) is 12.2 Å². The van der Waals surface area contributed by atoms with Crippen LogP contribution in [0.2, 0.25) is 0 Å². The van der Waals surface area contributed by atoms with Crippen molar-refractivity contribution in [3.05, 3.63) is 60.4 Å². The summed E-state index contributed by atoms with van der Waals surface area (Å²) in [6.07, 6.45) is 3.98. The molecule has 0 fully saturated rings. The van der Waals surface area contributed by atoms with E-state index in [0.29, 0.717) is 0 Å². The van der Waals surface area contributed by atoms with Gasteiger partial charge in [-0.1, -0.05) is 35.9 Å². The Morgan fingerprint density at radius 1 is 1.20 bits per heavy atom. The Bertz CT molecular complexity index is 772. The molecule has 4 heteroatoms. The summed E-state index contributed by atoms with van der Waals surface area (Å²) in [5.41, 5.74) is 9.58. The van der Waals surface area contributed by atoms with Gasteiger partial charge in [-0.15, -0.1) is 0 Å². The maximum absolute atomic E-state index is 11.3. The second-order valence-electron chi connectivity index (χ2n) is 4.90. The number of pyridine rings is 1. The molecule has 3 rings (SSSR count). The van der Waals surface area contributed by atoms with Crippen LogP contribution >= 0.6 is 0 Å². The van der Waals surface area contributed by atoms with E-state index in [1.165, 1.54) is 5.56 Å². The van der Waals surface area contributed by atoms with E-state index in [2.05, 4.69) is 31.2 Å². The summed E-state index contributed by atoms with van der Waals surface area (Å²) in [6, 6.07) is 14.1. The van der Waals surface area contributed by atoms with Gasteiger partial charge in [0, 0.05) is 11.6 Å². The minimum absolute atomic E-state index is 0.170. The number of hydrogen-bond acceptors (Lipinski definition) is 1. The largest absolute Gasteiger partial charge is 0.366 e. The zero-order valence-electron chi connectivity index (χ0n) is 11.3. The van der Waals surface area contributed by atoms with Crippen LogP contribution < -0.4 is 10.1 Å². The number of benzene rings is 1. The van der Waals surface area contributed by atoms with Crippen molar-refractivity contribution in [1.82, 2.24) is 4.57 Å². The van der Waals surface area contributed by atoms with Gasteiger partial charge in [-0.3, -0.25) is 4.79 Å². The number of carbonyl (C=O) groups is 1. The second kappa shape index (κ2) is 4.81. The number of aryl methyl sites for hydroxylation is 1. The van der Waals surface area contributed by atoms with Gasteiger partial charge in [0.1, 0.15) is 6.20 Å². The van der Waals surface area contributed by atoms with E-state index < -0.39 is 0 Å². The lowest BCUT2D eigenvalue weighted by atomic mass is 10.1. The molecule has 1 aromatic carbocycles. The molecule has 1 amide bonds. The molecule has 100 valence electrons. The molecule has 4 nitrogen and oxygen atoms in total. The summed E-state index contributed by atoms with van der Waals surface area (Å²) in [7, 11) is 0. The maximum Gasteiger partial charge on any atom is 0.287 e. The van der Waals surface area contributed by atoms with Crippen molar-refractivity contribution in [2.24, 2.45) is 5.73 Å². The highest BCUT2D eigenvalue weighted by molar-refractivity contribution is 5.75. The number of hydrogen-bond donors (Lipinski definition) is 1. The number of imidazole rings is 1. The number of fused-ring (bicyclic) bond motifs is 1. The van der Waals surface area contributed by atoms with Crippen LogP contribution in [0.3, 0.4) is 0 Å². The number of amides is 1. The lowest BCUT2D eigenvalue weighted by Crippen LogP contribution is -2.22. The molecular formula is C16H16N3O+. The van der Waals surface area contributed by atoms with Crippen LogP contribution in [0, 0.1) is 6.92 Å². The van der Waals surface area contributed by atoms with E-state index in [4.69, 9.17) is 5.73 Å². The third-order valence-electron chi connectivity index (χ3n) is 3.36. The smallest absolute Gasteiger partial charge is 0.287 e. The predicted molar refractivity (Wildman–Crippen MR) is 77.0 cm³/mol. The van der Waals surface area contributed by atoms with Crippen molar-refractivity contribution < 1.29 is 9.20 Å². The Labute approximate surface area is 117 Å². The van der Waals surface area contributed by atoms with E-state index in [-0.39, 0.29) is 12.5 Å². The standard InChI is InChI=1S/C16H15N3O/c1-12-5-7-13(8-6-12)14-10-18-9-3-2-4-16(18)19(14)11-15(17)20/h2-10H,11H2,1H3,(H-,17,20)/p+1. The third kappa shape index (κ3) is 2.16. The van der Waals surface area contributed by atoms with Crippen molar-refractivity contribution >= 4 is 11.6 Å². The van der Waals surface area contributed by atoms with Crippen molar-refractivity contribution in [2.75, 3.05) is 0 Å². The van der Waals surface area contributed by atoms with Gasteiger partial charge in [0.05, 0.1) is 6.20 Å². The fourth-order valence-corrected chi connectivity index (χ4v) is 2.39. The lowest BCUT2D eigenvalue weighted by Gasteiger charge is -2.01. The fourth-order valence-electron chi connectivity index (χ4n) is 2.39. The van der Waals surface area contributed by atoms with Gasteiger partial charge in [-0.25, -0.2) is 8.97 Å². The van der Waals surface area contributed by atoms with Gasteiger partial charge < -0.3 is 5.73 Å². The highest BCUT2D eigenvalue weighted by Crippen LogP contribution is 2.21. The Balaban J connectivity index is 2.23. The number of nitrogens with zero attached hydrogens (tertiary/aromatic N) is 2. The average molecular weight is 266 g/mol. The minimum atomic E-state index is -0.347. The maximum atomic E-state index is 11.3. The van der Waals surface area contributed by atoms with Gasteiger partial charge in [0.25, 0.3) is 11.6 Å². The lowest BCUT2D eigenvalue weighted by molar-refractivity contribution is -0.510. The van der Waals surface area contributed by atoms with Gasteiger partial charge >= 0.3 is 0 Å². The molecule has 0 radical (unpaired) electrons. The molecule has 0 bridgehead atoms. The monoisotopic (exact) mass is 266 g/mol. The number of rotatable bonds is 3. The Morgan fingerprint density at radius 2 is 1.95 bits per heavy atom. The quantitative estimate of drug-likeness (QED) is 0.721. The SMILES string of the molecule is Cc1ccc(-c2c[n+]3ccccc3n2CC(N)=O)cc1. The third-order valence-corrected chi connectivity index (χ3v) is 3.36. The molecule has 2 aromatic heterocycles. The molecule has 0 spiro atoms. The van der Waals surface area contributed by atoms with Crippen LogP contribution in [0.4, 0.5) is 0 Å². The summed E-state index contributed by atoms with van der Waals surface area (Å²) >= 11 is 0. The van der Waals surface area contributed by atoms with Crippen molar-refractivity contribution in [1.29, 1.82) is 0 Å².